The normalized spacial score (nSPS) is 13.0. The van der Waals surface area contributed by atoms with E-state index >= 15 is 0 Å². The van der Waals surface area contributed by atoms with Gasteiger partial charge in [0.1, 0.15) is 11.8 Å². The lowest BCUT2D eigenvalue weighted by atomic mass is 10.0. The highest BCUT2D eigenvalue weighted by Crippen LogP contribution is 2.20. The van der Waals surface area contributed by atoms with Crippen LogP contribution >= 0.6 is 11.6 Å². The molecule has 0 saturated heterocycles. The molecule has 2 aromatic heterocycles. The topological polar surface area (TPSA) is 52.8 Å². The zero-order valence-corrected chi connectivity index (χ0v) is 13.7. The summed E-state index contributed by atoms with van der Waals surface area (Å²) in [6.45, 7) is 5.57. The van der Waals surface area contributed by atoms with Crippen LogP contribution < -0.4 is 0 Å². The average molecular weight is 311 g/mol. The molecule has 0 aromatic carbocycles. The maximum atomic E-state index is 6.15. The Bertz CT molecular complexity index is 584. The van der Waals surface area contributed by atoms with Crippen LogP contribution in [-0.4, -0.2) is 26.4 Å². The van der Waals surface area contributed by atoms with Gasteiger partial charge in [0.25, 0.3) is 0 Å². The van der Waals surface area contributed by atoms with Crippen LogP contribution in [0, 0.1) is 5.92 Å². The zero-order valence-electron chi connectivity index (χ0n) is 13.0. The molecular formula is C15H23ClN4O. The summed E-state index contributed by atoms with van der Waals surface area (Å²) < 4.78 is 7.47. The van der Waals surface area contributed by atoms with Gasteiger partial charge in [0.15, 0.2) is 11.5 Å². The van der Waals surface area contributed by atoms with Gasteiger partial charge in [0.2, 0.25) is 0 Å². The highest BCUT2D eigenvalue weighted by Gasteiger charge is 2.11. The van der Waals surface area contributed by atoms with Crippen molar-refractivity contribution in [2.45, 2.75) is 46.1 Å². The Hall–Kier alpha value is -1.20. The van der Waals surface area contributed by atoms with Crippen LogP contribution in [0.15, 0.2) is 6.20 Å². The first-order chi connectivity index (χ1) is 10.2. The molecule has 0 radical (unpaired) electrons. The monoisotopic (exact) mass is 310 g/mol. The van der Waals surface area contributed by atoms with E-state index in [1.807, 2.05) is 7.05 Å². The van der Waals surface area contributed by atoms with Crippen LogP contribution in [0.25, 0.3) is 11.0 Å². The van der Waals surface area contributed by atoms with E-state index in [9.17, 15) is 0 Å². The van der Waals surface area contributed by atoms with Crippen molar-refractivity contribution in [3.8, 4) is 0 Å². The van der Waals surface area contributed by atoms with Gasteiger partial charge in [-0.05, 0) is 12.3 Å². The van der Waals surface area contributed by atoms with Crippen molar-refractivity contribution >= 4 is 22.6 Å². The van der Waals surface area contributed by atoms with Gasteiger partial charge >= 0.3 is 0 Å². The Morgan fingerprint density at radius 2 is 2.14 bits per heavy atom. The van der Waals surface area contributed by atoms with Gasteiger partial charge in [-0.25, -0.2) is 9.97 Å². The predicted molar refractivity (Wildman–Crippen MR) is 84.3 cm³/mol. The summed E-state index contributed by atoms with van der Waals surface area (Å²) >= 11 is 6.15. The lowest BCUT2D eigenvalue weighted by Gasteiger charge is -2.14. The Labute approximate surface area is 130 Å². The second-order valence-corrected chi connectivity index (χ2v) is 5.73. The minimum atomic E-state index is 0.392. The van der Waals surface area contributed by atoms with Gasteiger partial charge < -0.3 is 4.74 Å². The minimum Gasteiger partial charge on any atom is -0.373 e. The van der Waals surface area contributed by atoms with Crippen LogP contribution in [-0.2, 0) is 18.4 Å². The van der Waals surface area contributed by atoms with E-state index in [0.717, 1.165) is 24.1 Å². The highest BCUT2D eigenvalue weighted by molar-refractivity contribution is 6.33. The van der Waals surface area contributed by atoms with Crippen molar-refractivity contribution in [2.24, 2.45) is 13.0 Å². The zero-order chi connectivity index (χ0) is 15.2. The van der Waals surface area contributed by atoms with Gasteiger partial charge in [0, 0.05) is 13.7 Å². The summed E-state index contributed by atoms with van der Waals surface area (Å²) in [4.78, 5) is 8.74. The van der Waals surface area contributed by atoms with Gasteiger partial charge in [-0.15, -0.1) is 0 Å². The minimum absolute atomic E-state index is 0.392. The molecule has 0 bridgehead atoms. The van der Waals surface area contributed by atoms with Crippen LogP contribution in [0.4, 0.5) is 0 Å². The summed E-state index contributed by atoms with van der Waals surface area (Å²) in [6, 6.07) is 0. The van der Waals surface area contributed by atoms with E-state index in [1.165, 1.54) is 19.3 Å². The molecule has 6 heteroatoms. The van der Waals surface area contributed by atoms with Gasteiger partial charge in [-0.3, -0.25) is 4.68 Å². The summed E-state index contributed by atoms with van der Waals surface area (Å²) in [6.07, 6.45) is 6.52. The lowest BCUT2D eigenvalue weighted by Crippen LogP contribution is -2.10. The molecule has 0 fully saturated rings. The average Bonchev–Trinajstić information content (AvgIpc) is 2.85. The van der Waals surface area contributed by atoms with E-state index in [1.54, 1.807) is 10.9 Å². The van der Waals surface area contributed by atoms with Crippen molar-refractivity contribution in [2.75, 3.05) is 6.61 Å². The third-order valence-corrected chi connectivity index (χ3v) is 4.01. The molecule has 0 aliphatic rings. The molecular weight excluding hydrogens is 288 g/mol. The predicted octanol–water partition coefficient (Wildman–Crippen LogP) is 3.75. The smallest absolute Gasteiger partial charge is 0.162 e. The SMILES string of the molecule is CCCCC(CC)COCc1nc(Cl)c2cnn(C)c2n1. The van der Waals surface area contributed by atoms with Crippen LogP contribution in [0.2, 0.25) is 5.15 Å². The Balaban J connectivity index is 1.95. The Morgan fingerprint density at radius 1 is 1.33 bits per heavy atom. The van der Waals surface area contributed by atoms with Gasteiger partial charge in [-0.2, -0.15) is 5.10 Å². The molecule has 2 aromatic rings. The molecule has 116 valence electrons. The first-order valence-corrected chi connectivity index (χ1v) is 7.95. The highest BCUT2D eigenvalue weighted by atomic mass is 35.5. The van der Waals surface area contributed by atoms with Crippen molar-refractivity contribution in [3.63, 3.8) is 0 Å². The third-order valence-electron chi connectivity index (χ3n) is 3.72. The summed E-state index contributed by atoms with van der Waals surface area (Å²) in [5.74, 6) is 1.22. The molecule has 1 unspecified atom stereocenters. The van der Waals surface area contributed by atoms with E-state index < -0.39 is 0 Å². The van der Waals surface area contributed by atoms with Crippen LogP contribution in [0.5, 0.6) is 0 Å². The number of fused-ring (bicyclic) bond motifs is 1. The largest absolute Gasteiger partial charge is 0.373 e. The number of halogens is 1. The fraction of sp³-hybridized carbons (Fsp3) is 0.667. The van der Waals surface area contributed by atoms with Crippen molar-refractivity contribution in [1.82, 2.24) is 19.7 Å². The van der Waals surface area contributed by atoms with E-state index in [4.69, 9.17) is 16.3 Å². The van der Waals surface area contributed by atoms with Gasteiger partial charge in [0.05, 0.1) is 11.6 Å². The number of aromatic nitrogens is 4. The molecule has 0 N–H and O–H groups in total. The number of ether oxygens (including phenoxy) is 1. The number of aryl methyl sites for hydroxylation is 1. The third kappa shape index (κ3) is 4.14. The number of rotatable bonds is 8. The van der Waals surface area contributed by atoms with E-state index in [0.29, 0.717) is 23.5 Å². The first kappa shape index (κ1) is 16.2. The molecule has 2 heterocycles. The summed E-state index contributed by atoms with van der Waals surface area (Å²) in [5, 5.41) is 5.35. The van der Waals surface area contributed by atoms with E-state index in [2.05, 4.69) is 28.9 Å². The lowest BCUT2D eigenvalue weighted by molar-refractivity contribution is 0.0778. The van der Waals surface area contributed by atoms with Crippen LogP contribution in [0.3, 0.4) is 0 Å². The molecule has 0 amide bonds. The molecule has 21 heavy (non-hydrogen) atoms. The Morgan fingerprint density at radius 3 is 2.86 bits per heavy atom. The second-order valence-electron chi connectivity index (χ2n) is 5.37. The molecule has 0 saturated carbocycles. The molecule has 1 atom stereocenters. The number of hydrogen-bond acceptors (Lipinski definition) is 4. The second kappa shape index (κ2) is 7.71. The summed E-state index contributed by atoms with van der Waals surface area (Å²) in [5.41, 5.74) is 0.742. The van der Waals surface area contributed by atoms with Crippen molar-refractivity contribution in [1.29, 1.82) is 0 Å². The van der Waals surface area contributed by atoms with E-state index in [-0.39, 0.29) is 0 Å². The first-order valence-electron chi connectivity index (χ1n) is 7.57. The fourth-order valence-electron chi connectivity index (χ4n) is 2.31. The standard InChI is InChI=1S/C15H23ClN4O/c1-4-6-7-11(5-2)9-21-10-13-18-14(16)12-8-17-20(3)15(12)19-13/h8,11H,4-7,9-10H2,1-3H3. The molecule has 0 aliphatic carbocycles. The Kier molecular flexibility index (Phi) is 5.94. The van der Waals surface area contributed by atoms with Crippen molar-refractivity contribution in [3.05, 3.63) is 17.2 Å². The number of unbranched alkanes of at least 4 members (excludes halogenated alkanes) is 1. The maximum Gasteiger partial charge on any atom is 0.162 e. The summed E-state index contributed by atoms with van der Waals surface area (Å²) in [7, 11) is 1.84. The molecule has 2 rings (SSSR count). The fourth-order valence-corrected chi connectivity index (χ4v) is 2.54. The van der Waals surface area contributed by atoms with Crippen LogP contribution in [0.1, 0.15) is 45.4 Å². The maximum absolute atomic E-state index is 6.15. The number of nitrogens with zero attached hydrogens (tertiary/aromatic N) is 4. The van der Waals surface area contributed by atoms with Gasteiger partial charge in [-0.1, -0.05) is 44.7 Å². The molecule has 0 aliphatic heterocycles. The quantitative estimate of drug-likeness (QED) is 0.697. The molecule has 0 spiro atoms. The number of hydrogen-bond donors (Lipinski definition) is 0. The molecule has 5 nitrogen and oxygen atoms in total. The van der Waals surface area contributed by atoms with Crippen molar-refractivity contribution < 1.29 is 4.74 Å².